The summed E-state index contributed by atoms with van der Waals surface area (Å²) >= 11 is 0. The SMILES string of the molecule is CC1C(=O)C(C(=O)O)CC1(C)C(F)(F)F. The van der Waals surface area contributed by atoms with Gasteiger partial charge in [-0.25, -0.2) is 0 Å². The first-order valence-corrected chi connectivity index (χ1v) is 4.44. The lowest BCUT2D eigenvalue weighted by atomic mass is 9.80. The standard InChI is InChI=1S/C9H11F3O3/c1-4-6(13)5(7(14)15)3-8(4,2)9(10,11)12/h4-5H,3H2,1-2H3,(H,14,15). The number of halogens is 3. The molecular formula is C9H11F3O3. The molecule has 0 heterocycles. The molecule has 0 bridgehead atoms. The van der Waals surface area contributed by atoms with Crippen LogP contribution in [0.2, 0.25) is 0 Å². The van der Waals surface area contributed by atoms with Crippen LogP contribution < -0.4 is 0 Å². The quantitative estimate of drug-likeness (QED) is 0.691. The molecule has 1 saturated carbocycles. The van der Waals surface area contributed by atoms with Crippen molar-refractivity contribution in [2.24, 2.45) is 17.3 Å². The van der Waals surface area contributed by atoms with Gasteiger partial charge in [0.25, 0.3) is 0 Å². The normalized spacial score (nSPS) is 37.0. The molecule has 1 N–H and O–H groups in total. The van der Waals surface area contributed by atoms with Gasteiger partial charge in [-0.15, -0.1) is 0 Å². The molecule has 15 heavy (non-hydrogen) atoms. The largest absolute Gasteiger partial charge is 0.481 e. The molecule has 1 rings (SSSR count). The minimum absolute atomic E-state index is 0.661. The molecule has 0 radical (unpaired) electrons. The molecule has 0 saturated heterocycles. The van der Waals surface area contributed by atoms with Crippen molar-refractivity contribution in [2.45, 2.75) is 26.4 Å². The summed E-state index contributed by atoms with van der Waals surface area (Å²) in [6, 6.07) is 0. The summed E-state index contributed by atoms with van der Waals surface area (Å²) in [5.74, 6) is -5.12. The first kappa shape index (κ1) is 12.0. The molecule has 0 spiro atoms. The maximum atomic E-state index is 12.7. The van der Waals surface area contributed by atoms with Gasteiger partial charge < -0.3 is 5.11 Å². The van der Waals surface area contributed by atoms with Gasteiger partial charge in [0.15, 0.2) is 5.78 Å². The number of alkyl halides is 3. The molecule has 3 nitrogen and oxygen atoms in total. The number of carbonyl (C=O) groups is 2. The fourth-order valence-electron chi connectivity index (χ4n) is 1.89. The predicted octanol–water partition coefficient (Wildman–Crippen LogP) is 1.86. The van der Waals surface area contributed by atoms with E-state index in [2.05, 4.69) is 0 Å². The van der Waals surface area contributed by atoms with Crippen molar-refractivity contribution in [1.29, 1.82) is 0 Å². The zero-order chi connectivity index (χ0) is 12.0. The van der Waals surface area contributed by atoms with Crippen molar-refractivity contribution in [3.63, 3.8) is 0 Å². The van der Waals surface area contributed by atoms with Crippen LogP contribution in [-0.4, -0.2) is 23.0 Å². The van der Waals surface area contributed by atoms with E-state index in [1.807, 2.05) is 0 Å². The minimum Gasteiger partial charge on any atom is -0.481 e. The Labute approximate surface area is 84.3 Å². The van der Waals surface area contributed by atoms with E-state index in [1.165, 1.54) is 0 Å². The van der Waals surface area contributed by atoms with E-state index in [9.17, 15) is 22.8 Å². The van der Waals surface area contributed by atoms with Crippen molar-refractivity contribution in [3.8, 4) is 0 Å². The van der Waals surface area contributed by atoms with Gasteiger partial charge in [0.05, 0.1) is 5.41 Å². The van der Waals surface area contributed by atoms with E-state index in [-0.39, 0.29) is 0 Å². The number of carboxylic acid groups (broad SMARTS) is 1. The van der Waals surface area contributed by atoms with Crippen LogP contribution in [-0.2, 0) is 9.59 Å². The Hall–Kier alpha value is -1.07. The molecule has 3 unspecified atom stereocenters. The summed E-state index contributed by atoms with van der Waals surface area (Å²) in [5.41, 5.74) is -2.22. The number of hydrogen-bond acceptors (Lipinski definition) is 2. The Morgan fingerprint density at radius 3 is 2.20 bits per heavy atom. The summed E-state index contributed by atoms with van der Waals surface area (Å²) < 4.78 is 38.0. The number of carboxylic acids is 1. The third kappa shape index (κ3) is 1.61. The Morgan fingerprint density at radius 2 is 2.00 bits per heavy atom. The maximum Gasteiger partial charge on any atom is 0.394 e. The van der Waals surface area contributed by atoms with Crippen molar-refractivity contribution >= 4 is 11.8 Å². The van der Waals surface area contributed by atoms with Crippen molar-refractivity contribution in [2.75, 3.05) is 0 Å². The lowest BCUT2D eigenvalue weighted by Crippen LogP contribution is -2.38. The summed E-state index contributed by atoms with van der Waals surface area (Å²) in [6.07, 6.45) is -5.21. The zero-order valence-electron chi connectivity index (χ0n) is 8.26. The average Bonchev–Trinajstić information content (AvgIpc) is 2.29. The molecule has 0 amide bonds. The van der Waals surface area contributed by atoms with Crippen LogP contribution >= 0.6 is 0 Å². The number of Topliss-reactive ketones (excluding diaryl/α,β-unsaturated/α-hetero) is 1. The maximum absolute atomic E-state index is 12.7. The van der Waals surface area contributed by atoms with Crippen LogP contribution in [0, 0.1) is 17.3 Å². The predicted molar refractivity (Wildman–Crippen MR) is 44.1 cm³/mol. The minimum atomic E-state index is -4.55. The number of aliphatic carboxylic acids is 1. The summed E-state index contributed by atoms with van der Waals surface area (Å²) in [5, 5.41) is 8.61. The average molecular weight is 224 g/mol. The van der Waals surface area contributed by atoms with Crippen LogP contribution in [0.25, 0.3) is 0 Å². The van der Waals surface area contributed by atoms with E-state index >= 15 is 0 Å². The molecular weight excluding hydrogens is 213 g/mol. The highest BCUT2D eigenvalue weighted by molar-refractivity contribution is 6.01. The number of rotatable bonds is 1. The van der Waals surface area contributed by atoms with Gasteiger partial charge >= 0.3 is 12.1 Å². The second kappa shape index (κ2) is 3.21. The molecule has 1 aliphatic rings. The van der Waals surface area contributed by atoms with Gasteiger partial charge in [-0.2, -0.15) is 13.2 Å². The third-order valence-electron chi connectivity index (χ3n) is 3.30. The highest BCUT2D eigenvalue weighted by Gasteiger charge is 2.63. The summed E-state index contributed by atoms with van der Waals surface area (Å²) in [7, 11) is 0. The molecule has 3 atom stereocenters. The van der Waals surface area contributed by atoms with E-state index < -0.39 is 41.6 Å². The van der Waals surface area contributed by atoms with Crippen LogP contribution in [0.1, 0.15) is 20.3 Å². The van der Waals surface area contributed by atoms with Crippen LogP contribution in [0.5, 0.6) is 0 Å². The molecule has 0 aliphatic heterocycles. The Morgan fingerprint density at radius 1 is 1.53 bits per heavy atom. The second-order valence-electron chi connectivity index (χ2n) is 4.13. The fraction of sp³-hybridized carbons (Fsp3) is 0.778. The van der Waals surface area contributed by atoms with E-state index in [0.29, 0.717) is 0 Å². The fourth-order valence-corrected chi connectivity index (χ4v) is 1.89. The molecule has 1 fully saturated rings. The lowest BCUT2D eigenvalue weighted by Gasteiger charge is -2.30. The Bertz CT molecular complexity index is 310. The van der Waals surface area contributed by atoms with Gasteiger partial charge in [0.1, 0.15) is 5.92 Å². The summed E-state index contributed by atoms with van der Waals surface area (Å²) in [6.45, 7) is 2.04. The molecule has 6 heteroatoms. The van der Waals surface area contributed by atoms with Gasteiger partial charge in [0.2, 0.25) is 0 Å². The molecule has 0 aromatic heterocycles. The number of ketones is 1. The molecule has 1 aliphatic carbocycles. The lowest BCUT2D eigenvalue weighted by molar-refractivity contribution is -0.228. The first-order chi connectivity index (χ1) is 6.61. The molecule has 0 aromatic carbocycles. The highest BCUT2D eigenvalue weighted by atomic mass is 19.4. The topological polar surface area (TPSA) is 54.4 Å². The van der Waals surface area contributed by atoms with Crippen LogP contribution in [0.4, 0.5) is 13.2 Å². The van der Waals surface area contributed by atoms with Crippen LogP contribution in [0.15, 0.2) is 0 Å². The number of hydrogen-bond donors (Lipinski definition) is 1. The molecule has 0 aromatic rings. The number of carbonyl (C=O) groups excluding carboxylic acids is 1. The third-order valence-corrected chi connectivity index (χ3v) is 3.30. The first-order valence-electron chi connectivity index (χ1n) is 4.44. The smallest absolute Gasteiger partial charge is 0.394 e. The van der Waals surface area contributed by atoms with Gasteiger partial charge in [-0.05, 0) is 6.42 Å². The van der Waals surface area contributed by atoms with Crippen molar-refractivity contribution in [3.05, 3.63) is 0 Å². The van der Waals surface area contributed by atoms with Gasteiger partial charge in [0, 0.05) is 5.92 Å². The monoisotopic (exact) mass is 224 g/mol. The van der Waals surface area contributed by atoms with Gasteiger partial charge in [-0.3, -0.25) is 9.59 Å². The Balaban J connectivity index is 3.08. The Kier molecular flexibility index (Phi) is 2.57. The van der Waals surface area contributed by atoms with E-state index in [1.54, 1.807) is 0 Å². The second-order valence-corrected chi connectivity index (χ2v) is 4.13. The van der Waals surface area contributed by atoms with Crippen molar-refractivity contribution < 1.29 is 27.9 Å². The highest BCUT2D eigenvalue weighted by Crippen LogP contribution is 2.53. The van der Waals surface area contributed by atoms with E-state index in [4.69, 9.17) is 5.11 Å². The summed E-state index contributed by atoms with van der Waals surface area (Å²) in [4.78, 5) is 21.9. The van der Waals surface area contributed by atoms with Crippen LogP contribution in [0.3, 0.4) is 0 Å². The zero-order valence-corrected chi connectivity index (χ0v) is 8.26. The van der Waals surface area contributed by atoms with E-state index in [0.717, 1.165) is 13.8 Å². The molecule has 86 valence electrons. The van der Waals surface area contributed by atoms with Crippen molar-refractivity contribution in [1.82, 2.24) is 0 Å². The van der Waals surface area contributed by atoms with Gasteiger partial charge in [-0.1, -0.05) is 13.8 Å².